The van der Waals surface area contributed by atoms with Crippen molar-refractivity contribution in [1.82, 2.24) is 0 Å². The van der Waals surface area contributed by atoms with Crippen LogP contribution in [0.2, 0.25) is 0 Å². The Bertz CT molecular complexity index is 430. The number of benzene rings is 1. The van der Waals surface area contributed by atoms with E-state index in [1.54, 1.807) is 18.2 Å². The molecule has 0 aliphatic rings. The van der Waals surface area contributed by atoms with E-state index in [2.05, 4.69) is 10.0 Å². The summed E-state index contributed by atoms with van der Waals surface area (Å²) in [5, 5.41) is 3.37. The molecule has 5 heteroatoms. The number of nitrogens with two attached hydrogens (primary N) is 1. The lowest BCUT2D eigenvalue weighted by Crippen LogP contribution is -2.13. The van der Waals surface area contributed by atoms with Gasteiger partial charge in [-0.1, -0.05) is 41.5 Å². The molecule has 0 aliphatic heterocycles. The van der Waals surface area contributed by atoms with E-state index in [1.807, 2.05) is 18.2 Å². The summed E-state index contributed by atoms with van der Waals surface area (Å²) in [5.74, 6) is -0.0791. The summed E-state index contributed by atoms with van der Waals surface area (Å²) >= 11 is 0. The zero-order valence-electron chi connectivity index (χ0n) is 8.71. The lowest BCUT2D eigenvalue weighted by molar-refractivity contribution is 0.100. The van der Waals surface area contributed by atoms with Crippen molar-refractivity contribution in [3.63, 3.8) is 0 Å². The Kier molecular flexibility index (Phi) is 4.79. The predicted molar refractivity (Wildman–Crippen MR) is 62.9 cm³/mol. The van der Waals surface area contributed by atoms with Crippen LogP contribution in [0.5, 0.6) is 0 Å². The molecule has 82 valence electrons. The van der Waals surface area contributed by atoms with Gasteiger partial charge in [0, 0.05) is 17.0 Å². The molecule has 0 aromatic heterocycles. The molecule has 2 N–H and O–H groups in total. The van der Waals surface area contributed by atoms with Crippen LogP contribution in [0.15, 0.2) is 35.5 Å². The van der Waals surface area contributed by atoms with Gasteiger partial charge in [-0.25, -0.2) is 0 Å². The van der Waals surface area contributed by atoms with Gasteiger partial charge in [0.1, 0.15) is 0 Å². The molecule has 1 aromatic carbocycles. The highest BCUT2D eigenvalue weighted by Gasteiger charge is 2.00. The molecule has 0 saturated heterocycles. The minimum absolute atomic E-state index is 0.0199. The monoisotopic (exact) mass is 216 g/mol. The van der Waals surface area contributed by atoms with Gasteiger partial charge < -0.3 is 5.73 Å². The third-order valence-electron chi connectivity index (χ3n) is 1.98. The molecule has 0 atom stereocenters. The maximum absolute atomic E-state index is 11.2. The van der Waals surface area contributed by atoms with Crippen molar-refractivity contribution in [1.29, 1.82) is 0 Å². The summed E-state index contributed by atoms with van der Waals surface area (Å²) in [5.41, 5.74) is 14.9. The SMILES string of the molecule is [N-]=[N+]=NCC=Cc1ccc(C(=O)CN)cc1. The van der Waals surface area contributed by atoms with Crippen molar-refractivity contribution < 1.29 is 4.79 Å². The number of carbonyl (C=O) groups is 1. The molecule has 5 nitrogen and oxygen atoms in total. The van der Waals surface area contributed by atoms with Crippen molar-refractivity contribution in [2.45, 2.75) is 0 Å². The number of nitrogens with zero attached hydrogens (tertiary/aromatic N) is 3. The van der Waals surface area contributed by atoms with E-state index in [0.29, 0.717) is 12.1 Å². The molecule has 1 aromatic rings. The minimum Gasteiger partial charge on any atom is -0.324 e. The number of Topliss-reactive ketones (excluding diaryl/α,β-unsaturated/α-hetero) is 1. The molecular weight excluding hydrogens is 204 g/mol. The molecule has 0 amide bonds. The van der Waals surface area contributed by atoms with Gasteiger partial charge >= 0.3 is 0 Å². The van der Waals surface area contributed by atoms with Gasteiger partial charge in [0.2, 0.25) is 0 Å². The van der Waals surface area contributed by atoms with Gasteiger partial charge in [-0.05, 0) is 11.1 Å². The van der Waals surface area contributed by atoms with Gasteiger partial charge in [-0.2, -0.15) is 0 Å². The molecule has 1 rings (SSSR count). The first-order chi connectivity index (χ1) is 7.77. The largest absolute Gasteiger partial charge is 0.324 e. The fraction of sp³-hybridized carbons (Fsp3) is 0.182. The molecule has 0 heterocycles. The topological polar surface area (TPSA) is 91.9 Å². The number of hydrogen-bond donors (Lipinski definition) is 1. The van der Waals surface area contributed by atoms with Crippen molar-refractivity contribution in [3.8, 4) is 0 Å². The minimum atomic E-state index is -0.0791. The van der Waals surface area contributed by atoms with Gasteiger partial charge in [0.05, 0.1) is 6.54 Å². The number of azide groups is 1. The fourth-order valence-electron chi connectivity index (χ4n) is 1.17. The first-order valence-electron chi connectivity index (χ1n) is 4.78. The molecule has 0 radical (unpaired) electrons. The van der Waals surface area contributed by atoms with Crippen molar-refractivity contribution in [2.24, 2.45) is 10.8 Å². The van der Waals surface area contributed by atoms with Crippen LogP contribution in [-0.4, -0.2) is 18.9 Å². The van der Waals surface area contributed by atoms with E-state index in [4.69, 9.17) is 11.3 Å². The average Bonchev–Trinajstić information content (AvgIpc) is 2.34. The molecule has 0 bridgehead atoms. The van der Waals surface area contributed by atoms with E-state index in [-0.39, 0.29) is 12.3 Å². The maximum Gasteiger partial charge on any atom is 0.176 e. The van der Waals surface area contributed by atoms with Crippen LogP contribution in [0.3, 0.4) is 0 Å². The summed E-state index contributed by atoms with van der Waals surface area (Å²) in [7, 11) is 0. The van der Waals surface area contributed by atoms with E-state index >= 15 is 0 Å². The number of rotatable bonds is 5. The van der Waals surface area contributed by atoms with Crippen LogP contribution in [0.1, 0.15) is 15.9 Å². The highest BCUT2D eigenvalue weighted by molar-refractivity contribution is 5.97. The normalized spacial score (nSPS) is 10.1. The van der Waals surface area contributed by atoms with E-state index < -0.39 is 0 Å². The summed E-state index contributed by atoms with van der Waals surface area (Å²) in [6, 6.07) is 7.08. The van der Waals surface area contributed by atoms with Gasteiger partial charge in [-0.15, -0.1) is 0 Å². The highest BCUT2D eigenvalue weighted by atomic mass is 16.1. The molecule has 0 fully saturated rings. The second-order valence-corrected chi connectivity index (χ2v) is 3.07. The van der Waals surface area contributed by atoms with E-state index in [9.17, 15) is 4.79 Å². The van der Waals surface area contributed by atoms with Crippen molar-refractivity contribution in [2.75, 3.05) is 13.1 Å². The molecule has 0 aliphatic carbocycles. The summed E-state index contributed by atoms with van der Waals surface area (Å²) in [6.45, 7) is 0.339. The van der Waals surface area contributed by atoms with Crippen LogP contribution in [0.4, 0.5) is 0 Å². The Labute approximate surface area is 93.2 Å². The lowest BCUT2D eigenvalue weighted by Gasteiger charge is -1.98. The average molecular weight is 216 g/mol. The van der Waals surface area contributed by atoms with Gasteiger partial charge in [-0.3, -0.25) is 4.79 Å². The second-order valence-electron chi connectivity index (χ2n) is 3.07. The van der Waals surface area contributed by atoms with E-state index in [1.165, 1.54) is 0 Å². The Balaban J connectivity index is 2.67. The van der Waals surface area contributed by atoms with Crippen LogP contribution >= 0.6 is 0 Å². The van der Waals surface area contributed by atoms with Crippen LogP contribution in [-0.2, 0) is 0 Å². The Morgan fingerprint density at radius 3 is 2.69 bits per heavy atom. The molecule has 0 saturated carbocycles. The fourth-order valence-corrected chi connectivity index (χ4v) is 1.17. The van der Waals surface area contributed by atoms with E-state index in [0.717, 1.165) is 5.56 Å². The third-order valence-corrected chi connectivity index (χ3v) is 1.98. The Hall–Kier alpha value is -2.10. The maximum atomic E-state index is 11.2. The summed E-state index contributed by atoms with van der Waals surface area (Å²) < 4.78 is 0. The van der Waals surface area contributed by atoms with Crippen LogP contribution < -0.4 is 5.73 Å². The number of hydrogen-bond acceptors (Lipinski definition) is 3. The first-order valence-corrected chi connectivity index (χ1v) is 4.78. The van der Waals surface area contributed by atoms with Gasteiger partial charge in [0.15, 0.2) is 5.78 Å². The molecule has 0 spiro atoms. The Morgan fingerprint density at radius 1 is 1.44 bits per heavy atom. The molecule has 16 heavy (non-hydrogen) atoms. The van der Waals surface area contributed by atoms with Crippen LogP contribution in [0, 0.1) is 0 Å². The zero-order valence-corrected chi connectivity index (χ0v) is 8.71. The zero-order chi connectivity index (χ0) is 11.8. The third kappa shape index (κ3) is 3.57. The standard InChI is InChI=1S/C11H12N4O/c12-8-11(16)10-5-3-9(4-6-10)2-1-7-14-15-13/h1-6H,7-8,12H2. The first kappa shape index (κ1) is 12.0. The smallest absolute Gasteiger partial charge is 0.176 e. The Morgan fingerprint density at radius 2 is 2.12 bits per heavy atom. The lowest BCUT2D eigenvalue weighted by atomic mass is 10.1. The second kappa shape index (κ2) is 6.40. The quantitative estimate of drug-likeness (QED) is 0.353. The number of carbonyl (C=O) groups excluding carboxylic acids is 1. The van der Waals surface area contributed by atoms with Crippen molar-refractivity contribution in [3.05, 3.63) is 51.9 Å². The van der Waals surface area contributed by atoms with Crippen molar-refractivity contribution >= 4 is 11.9 Å². The summed E-state index contributed by atoms with van der Waals surface area (Å²) in [6.07, 6.45) is 3.57. The van der Waals surface area contributed by atoms with Gasteiger partial charge in [0.25, 0.3) is 0 Å². The molecular formula is C11H12N4O. The van der Waals surface area contributed by atoms with Crippen LogP contribution in [0.25, 0.3) is 16.5 Å². The predicted octanol–water partition coefficient (Wildman–Crippen LogP) is 2.15. The molecule has 0 unspecified atom stereocenters. The summed E-state index contributed by atoms with van der Waals surface area (Å²) in [4.78, 5) is 13.9. The highest BCUT2D eigenvalue weighted by Crippen LogP contribution is 2.06. The number of ketones is 1.